The van der Waals surface area contributed by atoms with Crippen LogP contribution in [0.5, 0.6) is 0 Å². The molecule has 0 bridgehead atoms. The molecule has 0 saturated carbocycles. The van der Waals surface area contributed by atoms with Gasteiger partial charge in [0.25, 0.3) is 0 Å². The minimum atomic E-state index is -0.580. The summed E-state index contributed by atoms with van der Waals surface area (Å²) < 4.78 is 7.25. The maximum absolute atomic E-state index is 12.2. The van der Waals surface area contributed by atoms with E-state index in [1.54, 1.807) is 0 Å². The van der Waals surface area contributed by atoms with Crippen molar-refractivity contribution in [2.45, 2.75) is 32.9 Å². The lowest BCUT2D eigenvalue weighted by molar-refractivity contribution is 0.0634. The number of fused-ring (bicyclic) bond motifs is 1. The third-order valence-corrected chi connectivity index (χ3v) is 3.92. The molecule has 3 rings (SSSR count). The zero-order valence-electron chi connectivity index (χ0n) is 14.4. The Morgan fingerprint density at radius 3 is 2.56 bits per heavy atom. The van der Waals surface area contributed by atoms with Gasteiger partial charge in [-0.25, -0.2) is 9.78 Å². The number of nitrogens with one attached hydrogen (secondary N) is 1. The normalized spacial score (nSPS) is 11.5. The van der Waals surface area contributed by atoms with Crippen LogP contribution in [0.15, 0.2) is 48.5 Å². The van der Waals surface area contributed by atoms with Gasteiger partial charge in [-0.3, -0.25) is 5.32 Å². The van der Waals surface area contributed by atoms with Gasteiger partial charge < -0.3 is 9.30 Å². The van der Waals surface area contributed by atoms with Gasteiger partial charge in [0.05, 0.1) is 17.6 Å². The molecular formula is C19H20ClN3O2. The summed E-state index contributed by atoms with van der Waals surface area (Å²) in [6, 6.07) is 15.3. The van der Waals surface area contributed by atoms with Crippen molar-refractivity contribution in [1.29, 1.82) is 0 Å². The lowest BCUT2D eigenvalue weighted by Gasteiger charge is -2.19. The summed E-state index contributed by atoms with van der Waals surface area (Å²) in [5, 5.41) is 3.41. The number of amides is 1. The zero-order valence-corrected chi connectivity index (χ0v) is 15.2. The van der Waals surface area contributed by atoms with Crippen LogP contribution in [-0.4, -0.2) is 21.2 Å². The van der Waals surface area contributed by atoms with Crippen LogP contribution in [-0.2, 0) is 11.3 Å². The van der Waals surface area contributed by atoms with Crippen molar-refractivity contribution in [3.63, 3.8) is 0 Å². The van der Waals surface area contributed by atoms with Gasteiger partial charge in [-0.1, -0.05) is 41.9 Å². The number of para-hydroxylation sites is 2. The molecule has 0 spiro atoms. The van der Waals surface area contributed by atoms with E-state index in [1.807, 2.05) is 73.9 Å². The lowest BCUT2D eigenvalue weighted by Crippen LogP contribution is -2.28. The molecule has 0 aliphatic carbocycles. The van der Waals surface area contributed by atoms with E-state index in [0.717, 1.165) is 16.6 Å². The highest BCUT2D eigenvalue weighted by Gasteiger charge is 2.19. The summed E-state index contributed by atoms with van der Waals surface area (Å²) in [4.78, 5) is 16.7. The molecule has 0 atom stereocenters. The summed E-state index contributed by atoms with van der Waals surface area (Å²) in [7, 11) is 0. The van der Waals surface area contributed by atoms with Gasteiger partial charge in [-0.05, 0) is 44.5 Å². The number of ether oxygens (including phenoxy) is 1. The van der Waals surface area contributed by atoms with Gasteiger partial charge >= 0.3 is 6.09 Å². The summed E-state index contributed by atoms with van der Waals surface area (Å²) in [5.41, 5.74) is 2.07. The Hall–Kier alpha value is -2.53. The number of hydrogen-bond acceptors (Lipinski definition) is 3. The number of carbonyl (C=O) groups excluding carboxylic acids is 1. The first-order valence-corrected chi connectivity index (χ1v) is 8.40. The molecule has 130 valence electrons. The number of anilines is 1. The van der Waals surface area contributed by atoms with Crippen molar-refractivity contribution < 1.29 is 9.53 Å². The smallest absolute Gasteiger partial charge is 0.414 e. The number of hydrogen-bond donors (Lipinski definition) is 1. The number of imidazole rings is 1. The number of rotatable bonds is 3. The van der Waals surface area contributed by atoms with Crippen molar-refractivity contribution in [3.05, 3.63) is 59.1 Å². The van der Waals surface area contributed by atoms with Crippen LogP contribution in [0.3, 0.4) is 0 Å². The van der Waals surface area contributed by atoms with Crippen molar-refractivity contribution in [2.24, 2.45) is 0 Å². The van der Waals surface area contributed by atoms with E-state index >= 15 is 0 Å². The molecule has 0 radical (unpaired) electrons. The molecule has 1 amide bonds. The molecule has 6 heteroatoms. The molecule has 0 saturated heterocycles. The molecule has 0 aliphatic heterocycles. The lowest BCUT2D eigenvalue weighted by atomic mass is 10.2. The third-order valence-electron chi connectivity index (χ3n) is 3.55. The first-order valence-electron chi connectivity index (χ1n) is 8.02. The number of nitrogens with zero attached hydrogens (tertiary/aromatic N) is 2. The van der Waals surface area contributed by atoms with Crippen molar-refractivity contribution >= 4 is 34.7 Å². The predicted molar refractivity (Wildman–Crippen MR) is 100 cm³/mol. The molecule has 1 N–H and O–H groups in total. The monoisotopic (exact) mass is 357 g/mol. The molecule has 2 aromatic carbocycles. The standard InChI is InChI=1S/C19H20ClN3O2/c1-19(2,3)25-18(24)22-17-21-15-10-6-7-11-16(15)23(17)12-13-8-4-5-9-14(13)20/h4-11H,12H2,1-3H3,(H,21,22,24). The van der Waals surface area contributed by atoms with Gasteiger partial charge in [-0.15, -0.1) is 0 Å². The van der Waals surface area contributed by atoms with Gasteiger partial charge in [0.2, 0.25) is 5.95 Å². The maximum atomic E-state index is 12.2. The highest BCUT2D eigenvalue weighted by Crippen LogP contribution is 2.24. The Balaban J connectivity index is 1.98. The van der Waals surface area contributed by atoms with E-state index in [-0.39, 0.29) is 0 Å². The van der Waals surface area contributed by atoms with Crippen LogP contribution >= 0.6 is 11.6 Å². The minimum Gasteiger partial charge on any atom is -0.444 e. The summed E-state index contributed by atoms with van der Waals surface area (Å²) in [6.45, 7) is 5.95. The Kier molecular flexibility index (Phi) is 4.68. The molecule has 1 aromatic heterocycles. The first kappa shape index (κ1) is 17.3. The fourth-order valence-electron chi connectivity index (χ4n) is 2.52. The van der Waals surface area contributed by atoms with Crippen LogP contribution in [0.4, 0.5) is 10.7 Å². The Labute approximate surface area is 151 Å². The van der Waals surface area contributed by atoms with Crippen LogP contribution in [0.2, 0.25) is 5.02 Å². The maximum Gasteiger partial charge on any atom is 0.414 e. The number of aromatic nitrogens is 2. The highest BCUT2D eigenvalue weighted by atomic mass is 35.5. The number of halogens is 1. The van der Waals surface area contributed by atoms with E-state index < -0.39 is 11.7 Å². The second kappa shape index (κ2) is 6.76. The van der Waals surface area contributed by atoms with E-state index in [0.29, 0.717) is 17.5 Å². The van der Waals surface area contributed by atoms with E-state index in [2.05, 4.69) is 10.3 Å². The molecule has 3 aromatic rings. The van der Waals surface area contributed by atoms with E-state index in [9.17, 15) is 4.79 Å². The molecule has 25 heavy (non-hydrogen) atoms. The molecule has 1 heterocycles. The fourth-order valence-corrected chi connectivity index (χ4v) is 2.72. The average molecular weight is 358 g/mol. The van der Waals surface area contributed by atoms with Crippen molar-refractivity contribution in [2.75, 3.05) is 5.32 Å². The molecule has 0 unspecified atom stereocenters. The second-order valence-electron chi connectivity index (χ2n) is 6.73. The molecule has 0 aliphatic rings. The largest absolute Gasteiger partial charge is 0.444 e. The number of carbonyl (C=O) groups is 1. The zero-order chi connectivity index (χ0) is 18.0. The predicted octanol–water partition coefficient (Wildman–Crippen LogP) is 5.09. The summed E-state index contributed by atoms with van der Waals surface area (Å²) in [6.07, 6.45) is -0.539. The topological polar surface area (TPSA) is 56.1 Å². The van der Waals surface area contributed by atoms with Gasteiger partial charge in [0.15, 0.2) is 0 Å². The minimum absolute atomic E-state index is 0.426. The number of benzene rings is 2. The Bertz CT molecular complexity index is 912. The molecule has 5 nitrogen and oxygen atoms in total. The van der Waals surface area contributed by atoms with Gasteiger partial charge in [-0.2, -0.15) is 0 Å². The molecular weight excluding hydrogens is 338 g/mol. The summed E-state index contributed by atoms with van der Waals surface area (Å²) >= 11 is 6.29. The van der Waals surface area contributed by atoms with Crippen LogP contribution < -0.4 is 5.32 Å². The highest BCUT2D eigenvalue weighted by molar-refractivity contribution is 6.31. The first-order chi connectivity index (χ1) is 11.8. The third kappa shape index (κ3) is 4.12. The van der Waals surface area contributed by atoms with Crippen LogP contribution in [0.25, 0.3) is 11.0 Å². The van der Waals surface area contributed by atoms with E-state index in [1.165, 1.54) is 0 Å². The SMILES string of the molecule is CC(C)(C)OC(=O)Nc1nc2ccccc2n1Cc1ccccc1Cl. The van der Waals surface area contributed by atoms with E-state index in [4.69, 9.17) is 16.3 Å². The second-order valence-corrected chi connectivity index (χ2v) is 7.14. The fraction of sp³-hybridized carbons (Fsp3) is 0.263. The van der Waals surface area contributed by atoms with Gasteiger partial charge in [0.1, 0.15) is 5.60 Å². The van der Waals surface area contributed by atoms with Crippen LogP contribution in [0, 0.1) is 0 Å². The van der Waals surface area contributed by atoms with Gasteiger partial charge in [0, 0.05) is 5.02 Å². The molecule has 0 fully saturated rings. The quantitative estimate of drug-likeness (QED) is 0.710. The van der Waals surface area contributed by atoms with Crippen LogP contribution in [0.1, 0.15) is 26.3 Å². The Morgan fingerprint density at radius 1 is 1.16 bits per heavy atom. The average Bonchev–Trinajstić information content (AvgIpc) is 2.85. The summed E-state index contributed by atoms with van der Waals surface area (Å²) in [5.74, 6) is 0.426. The van der Waals surface area contributed by atoms with Crippen molar-refractivity contribution in [3.8, 4) is 0 Å². The van der Waals surface area contributed by atoms with Crippen molar-refractivity contribution in [1.82, 2.24) is 9.55 Å². The Morgan fingerprint density at radius 2 is 1.84 bits per heavy atom.